The van der Waals surface area contributed by atoms with Crippen molar-refractivity contribution in [3.63, 3.8) is 0 Å². The van der Waals surface area contributed by atoms with Gasteiger partial charge in [-0.2, -0.15) is 13.2 Å². The van der Waals surface area contributed by atoms with Crippen LogP contribution in [0.2, 0.25) is 0 Å². The van der Waals surface area contributed by atoms with E-state index in [-0.39, 0.29) is 5.92 Å². The zero-order valence-electron chi connectivity index (χ0n) is 13.9. The van der Waals surface area contributed by atoms with E-state index in [0.29, 0.717) is 0 Å². The molecule has 0 aromatic heterocycles. The molecule has 0 saturated heterocycles. The van der Waals surface area contributed by atoms with Crippen molar-refractivity contribution in [3.05, 3.63) is 35.4 Å². The molecule has 0 bridgehead atoms. The van der Waals surface area contributed by atoms with Crippen LogP contribution in [0.25, 0.3) is 0 Å². The number of benzene rings is 1. The maximum Gasteiger partial charge on any atom is 0.416 e. The fourth-order valence-electron chi connectivity index (χ4n) is 2.89. The first-order valence-corrected chi connectivity index (χ1v) is 8.66. The van der Waals surface area contributed by atoms with Crippen molar-refractivity contribution in [3.8, 4) is 0 Å². The molecule has 22 heavy (non-hydrogen) atoms. The van der Waals surface area contributed by atoms with Crippen LogP contribution in [-0.4, -0.2) is 0 Å². The molecule has 1 atom stereocenters. The van der Waals surface area contributed by atoms with Crippen LogP contribution in [-0.2, 0) is 6.18 Å². The molecule has 126 valence electrons. The van der Waals surface area contributed by atoms with Crippen molar-refractivity contribution in [2.45, 2.75) is 83.7 Å². The molecule has 1 unspecified atom stereocenters. The predicted octanol–water partition coefficient (Wildman–Crippen LogP) is 7.34. The summed E-state index contributed by atoms with van der Waals surface area (Å²) < 4.78 is 38.6. The normalized spacial score (nSPS) is 13.3. The van der Waals surface area contributed by atoms with E-state index in [1.165, 1.54) is 37.8 Å². The molecule has 0 N–H and O–H groups in total. The summed E-state index contributed by atoms with van der Waals surface area (Å²) in [6.07, 6.45) is 5.93. The van der Waals surface area contributed by atoms with Gasteiger partial charge in [0, 0.05) is 0 Å². The highest BCUT2D eigenvalue weighted by Gasteiger charge is 2.30. The van der Waals surface area contributed by atoms with E-state index in [4.69, 9.17) is 0 Å². The topological polar surface area (TPSA) is 0 Å². The summed E-state index contributed by atoms with van der Waals surface area (Å²) in [5, 5.41) is 0. The predicted molar refractivity (Wildman–Crippen MR) is 87.1 cm³/mol. The second-order valence-electron chi connectivity index (χ2n) is 6.17. The summed E-state index contributed by atoms with van der Waals surface area (Å²) in [4.78, 5) is 0. The molecule has 0 saturated carbocycles. The van der Waals surface area contributed by atoms with Gasteiger partial charge in [0.1, 0.15) is 0 Å². The van der Waals surface area contributed by atoms with Gasteiger partial charge in [-0.25, -0.2) is 0 Å². The first-order chi connectivity index (χ1) is 10.5. The SMILES string of the molecule is CCCCCCCC(CCCC)c1cccc(C(F)(F)F)c1. The minimum Gasteiger partial charge on any atom is -0.166 e. The Kier molecular flexibility index (Phi) is 8.59. The van der Waals surface area contributed by atoms with Crippen LogP contribution in [0.15, 0.2) is 24.3 Å². The minimum absolute atomic E-state index is 0.267. The van der Waals surface area contributed by atoms with E-state index >= 15 is 0 Å². The van der Waals surface area contributed by atoms with Gasteiger partial charge in [-0.15, -0.1) is 0 Å². The zero-order valence-corrected chi connectivity index (χ0v) is 13.9. The summed E-state index contributed by atoms with van der Waals surface area (Å²) in [6, 6.07) is 5.93. The van der Waals surface area contributed by atoms with Crippen molar-refractivity contribution < 1.29 is 13.2 Å². The van der Waals surface area contributed by atoms with Gasteiger partial charge in [0.2, 0.25) is 0 Å². The van der Waals surface area contributed by atoms with Crippen molar-refractivity contribution in [2.24, 2.45) is 0 Å². The van der Waals surface area contributed by atoms with Gasteiger partial charge in [-0.3, -0.25) is 0 Å². The summed E-state index contributed by atoms with van der Waals surface area (Å²) >= 11 is 0. The van der Waals surface area contributed by atoms with E-state index in [0.717, 1.165) is 37.7 Å². The molecule has 0 amide bonds. The van der Waals surface area contributed by atoms with Gasteiger partial charge >= 0.3 is 6.18 Å². The Bertz CT molecular complexity index is 409. The molecule has 0 spiro atoms. The molecule has 0 heterocycles. The van der Waals surface area contributed by atoms with E-state index in [2.05, 4.69) is 13.8 Å². The molecule has 0 aliphatic heterocycles. The number of halogens is 3. The molecular formula is C19H29F3. The van der Waals surface area contributed by atoms with E-state index in [1.54, 1.807) is 6.07 Å². The molecule has 0 radical (unpaired) electrons. The molecule has 1 rings (SSSR count). The summed E-state index contributed by atoms with van der Waals surface area (Å²) in [5.41, 5.74) is 0.344. The summed E-state index contributed by atoms with van der Waals surface area (Å²) in [5.74, 6) is 0.267. The molecule has 0 nitrogen and oxygen atoms in total. The molecule has 1 aromatic carbocycles. The van der Waals surface area contributed by atoms with Gasteiger partial charge in [-0.1, -0.05) is 77.0 Å². The van der Waals surface area contributed by atoms with E-state index < -0.39 is 11.7 Å². The Hall–Kier alpha value is -0.990. The zero-order chi connectivity index (χ0) is 16.4. The lowest BCUT2D eigenvalue weighted by Crippen LogP contribution is -2.07. The lowest BCUT2D eigenvalue weighted by molar-refractivity contribution is -0.137. The van der Waals surface area contributed by atoms with Crippen LogP contribution in [0.1, 0.15) is 88.7 Å². The number of unbranched alkanes of at least 4 members (excludes halogenated alkanes) is 5. The Morgan fingerprint density at radius 1 is 0.864 bits per heavy atom. The number of hydrogen-bond acceptors (Lipinski definition) is 0. The molecule has 0 aliphatic carbocycles. The fourth-order valence-corrected chi connectivity index (χ4v) is 2.89. The van der Waals surface area contributed by atoms with E-state index in [9.17, 15) is 13.2 Å². The first kappa shape index (κ1) is 19.1. The largest absolute Gasteiger partial charge is 0.416 e. The Morgan fingerprint density at radius 2 is 1.50 bits per heavy atom. The van der Waals surface area contributed by atoms with Gasteiger partial charge in [0.15, 0.2) is 0 Å². The maximum atomic E-state index is 12.9. The van der Waals surface area contributed by atoms with Crippen molar-refractivity contribution >= 4 is 0 Å². The quantitative estimate of drug-likeness (QED) is 0.396. The second kappa shape index (κ2) is 9.91. The molecular weight excluding hydrogens is 285 g/mol. The average Bonchev–Trinajstić information content (AvgIpc) is 2.49. The lowest BCUT2D eigenvalue weighted by atomic mass is 9.88. The average molecular weight is 314 g/mol. The van der Waals surface area contributed by atoms with Crippen LogP contribution >= 0.6 is 0 Å². The van der Waals surface area contributed by atoms with Gasteiger partial charge in [-0.05, 0) is 30.4 Å². The Labute approximate surface area is 133 Å². The summed E-state index contributed by atoms with van der Waals surface area (Å²) in [6.45, 7) is 4.32. The third kappa shape index (κ3) is 6.85. The van der Waals surface area contributed by atoms with Crippen molar-refractivity contribution in [2.75, 3.05) is 0 Å². The minimum atomic E-state index is -4.24. The standard InChI is InChI=1S/C19H29F3/c1-3-5-7-8-9-12-16(11-6-4-2)17-13-10-14-18(15-17)19(20,21)22/h10,13-16H,3-9,11-12H2,1-2H3. The maximum absolute atomic E-state index is 12.9. The van der Waals surface area contributed by atoms with Gasteiger partial charge in [0.25, 0.3) is 0 Å². The molecule has 3 heteroatoms. The third-order valence-electron chi connectivity index (χ3n) is 4.25. The molecule has 0 aliphatic rings. The van der Waals surface area contributed by atoms with Gasteiger partial charge < -0.3 is 0 Å². The van der Waals surface area contributed by atoms with E-state index in [1.807, 2.05) is 6.07 Å². The smallest absolute Gasteiger partial charge is 0.166 e. The lowest BCUT2D eigenvalue weighted by Gasteiger charge is -2.19. The first-order valence-electron chi connectivity index (χ1n) is 8.66. The van der Waals surface area contributed by atoms with Crippen LogP contribution in [0.3, 0.4) is 0 Å². The van der Waals surface area contributed by atoms with Crippen molar-refractivity contribution in [1.29, 1.82) is 0 Å². The Morgan fingerprint density at radius 3 is 2.14 bits per heavy atom. The highest BCUT2D eigenvalue weighted by Crippen LogP contribution is 2.34. The Balaban J connectivity index is 2.69. The van der Waals surface area contributed by atoms with Crippen LogP contribution in [0.4, 0.5) is 13.2 Å². The second-order valence-corrected chi connectivity index (χ2v) is 6.17. The van der Waals surface area contributed by atoms with Gasteiger partial charge in [0.05, 0.1) is 5.56 Å². The third-order valence-corrected chi connectivity index (χ3v) is 4.25. The van der Waals surface area contributed by atoms with Crippen LogP contribution < -0.4 is 0 Å². The molecule has 0 fully saturated rings. The molecule has 1 aromatic rings. The fraction of sp³-hybridized carbons (Fsp3) is 0.684. The summed E-state index contributed by atoms with van der Waals surface area (Å²) in [7, 11) is 0. The number of rotatable bonds is 10. The van der Waals surface area contributed by atoms with Crippen LogP contribution in [0.5, 0.6) is 0 Å². The number of hydrogen-bond donors (Lipinski definition) is 0. The highest BCUT2D eigenvalue weighted by molar-refractivity contribution is 5.28. The van der Waals surface area contributed by atoms with Crippen molar-refractivity contribution in [1.82, 2.24) is 0 Å². The highest BCUT2D eigenvalue weighted by atomic mass is 19.4. The number of alkyl halides is 3. The monoisotopic (exact) mass is 314 g/mol. The van der Waals surface area contributed by atoms with Crippen LogP contribution in [0, 0.1) is 0 Å².